The van der Waals surface area contributed by atoms with Crippen LogP contribution in [-0.2, 0) is 0 Å². The third-order valence-corrected chi connectivity index (χ3v) is 2.35. The average Bonchev–Trinajstić information content (AvgIpc) is 2.07. The fraction of sp³-hybridized carbons (Fsp3) is 0.111. The van der Waals surface area contributed by atoms with E-state index in [2.05, 4.69) is 6.58 Å². The van der Waals surface area contributed by atoms with E-state index >= 15 is 0 Å². The number of allylic oxidation sites excluding steroid dienone is 3. The van der Waals surface area contributed by atoms with Gasteiger partial charge in [0.1, 0.15) is 0 Å². The number of thioether (sulfide) groups is 1. The maximum absolute atomic E-state index is 7.37. The first kappa shape index (κ1) is 9.00. The van der Waals surface area contributed by atoms with E-state index in [4.69, 9.17) is 10.8 Å². The smallest absolute Gasteiger partial charge is 0.0800 e. The van der Waals surface area contributed by atoms with Gasteiger partial charge in [-0.05, 0) is 18.2 Å². The Morgan fingerprint density at radius 2 is 2.08 bits per heavy atom. The van der Waals surface area contributed by atoms with E-state index in [1.807, 2.05) is 12.2 Å². The lowest BCUT2D eigenvalue weighted by atomic mass is 10.1. The van der Waals surface area contributed by atoms with E-state index in [0.29, 0.717) is 0 Å². The third kappa shape index (κ3) is 2.20. The molecule has 0 amide bonds. The SMILES string of the molecule is C=CCSC1=CC(=N)C(=N)C=C1. The van der Waals surface area contributed by atoms with Crippen LogP contribution in [0.4, 0.5) is 0 Å². The molecule has 1 rings (SSSR count). The summed E-state index contributed by atoms with van der Waals surface area (Å²) in [6.45, 7) is 3.61. The largest absolute Gasteiger partial charge is 0.299 e. The summed E-state index contributed by atoms with van der Waals surface area (Å²) in [5.41, 5.74) is 0.557. The predicted octanol–water partition coefficient (Wildman–Crippen LogP) is 2.40. The fourth-order valence-electron chi connectivity index (χ4n) is 0.768. The summed E-state index contributed by atoms with van der Waals surface area (Å²) in [6.07, 6.45) is 7.03. The van der Waals surface area contributed by atoms with Gasteiger partial charge >= 0.3 is 0 Å². The van der Waals surface area contributed by atoms with Crippen LogP contribution in [0.1, 0.15) is 0 Å². The van der Waals surface area contributed by atoms with E-state index in [9.17, 15) is 0 Å². The van der Waals surface area contributed by atoms with Gasteiger partial charge in [0.05, 0.1) is 11.4 Å². The first-order chi connectivity index (χ1) is 5.74. The minimum absolute atomic E-state index is 0.276. The van der Waals surface area contributed by atoms with Crippen molar-refractivity contribution in [3.8, 4) is 0 Å². The monoisotopic (exact) mass is 178 g/mol. The minimum atomic E-state index is 0.276. The Hall–Kier alpha value is -1.09. The van der Waals surface area contributed by atoms with Crippen molar-refractivity contribution < 1.29 is 0 Å². The summed E-state index contributed by atoms with van der Waals surface area (Å²) in [7, 11) is 0. The van der Waals surface area contributed by atoms with Gasteiger partial charge < -0.3 is 0 Å². The fourth-order valence-corrected chi connectivity index (χ4v) is 1.44. The maximum atomic E-state index is 7.37. The van der Waals surface area contributed by atoms with Crippen molar-refractivity contribution in [2.45, 2.75) is 0 Å². The summed E-state index contributed by atoms with van der Waals surface area (Å²) >= 11 is 1.62. The molecule has 0 heterocycles. The summed E-state index contributed by atoms with van der Waals surface area (Å²) in [6, 6.07) is 0. The molecule has 0 radical (unpaired) electrons. The molecule has 62 valence electrons. The first-order valence-electron chi connectivity index (χ1n) is 3.55. The zero-order chi connectivity index (χ0) is 8.97. The van der Waals surface area contributed by atoms with Crippen LogP contribution in [0.25, 0.3) is 0 Å². The van der Waals surface area contributed by atoms with Gasteiger partial charge in [0.2, 0.25) is 0 Å². The van der Waals surface area contributed by atoms with Gasteiger partial charge in [0.25, 0.3) is 0 Å². The molecule has 0 aromatic carbocycles. The molecule has 0 aromatic rings. The second-order valence-electron chi connectivity index (χ2n) is 2.31. The van der Waals surface area contributed by atoms with Crippen LogP contribution in [0.3, 0.4) is 0 Å². The normalized spacial score (nSPS) is 16.2. The van der Waals surface area contributed by atoms with Gasteiger partial charge in [0, 0.05) is 10.7 Å². The van der Waals surface area contributed by atoms with Gasteiger partial charge in [-0.15, -0.1) is 18.3 Å². The molecule has 0 saturated heterocycles. The summed E-state index contributed by atoms with van der Waals surface area (Å²) in [4.78, 5) is 1.02. The topological polar surface area (TPSA) is 47.7 Å². The van der Waals surface area contributed by atoms with Crippen molar-refractivity contribution >= 4 is 23.2 Å². The van der Waals surface area contributed by atoms with E-state index in [-0.39, 0.29) is 11.4 Å². The molecule has 1 aliphatic rings. The van der Waals surface area contributed by atoms with Crippen molar-refractivity contribution in [1.29, 1.82) is 10.8 Å². The number of rotatable bonds is 3. The van der Waals surface area contributed by atoms with Gasteiger partial charge in [-0.25, -0.2) is 0 Å². The third-order valence-electron chi connectivity index (χ3n) is 1.36. The van der Waals surface area contributed by atoms with Crippen LogP contribution in [0.15, 0.2) is 35.8 Å². The molecule has 0 aromatic heterocycles. The molecule has 0 bridgehead atoms. The molecule has 12 heavy (non-hydrogen) atoms. The standard InChI is InChI=1S/C9H10N2S/c1-2-5-12-7-3-4-8(10)9(11)6-7/h2-4,6,10-11H,1,5H2. The van der Waals surface area contributed by atoms with E-state index in [1.54, 1.807) is 23.9 Å². The zero-order valence-electron chi connectivity index (χ0n) is 6.63. The minimum Gasteiger partial charge on any atom is -0.299 e. The van der Waals surface area contributed by atoms with Crippen molar-refractivity contribution in [1.82, 2.24) is 0 Å². The van der Waals surface area contributed by atoms with Gasteiger partial charge in [0.15, 0.2) is 0 Å². The molecule has 0 fully saturated rings. The Labute approximate surface area is 76.1 Å². The van der Waals surface area contributed by atoms with E-state index in [1.165, 1.54) is 0 Å². The lowest BCUT2D eigenvalue weighted by molar-refractivity contribution is 1.49. The van der Waals surface area contributed by atoms with E-state index < -0.39 is 0 Å². The van der Waals surface area contributed by atoms with Crippen molar-refractivity contribution in [3.05, 3.63) is 35.8 Å². The molecule has 0 unspecified atom stereocenters. The molecule has 0 spiro atoms. The zero-order valence-corrected chi connectivity index (χ0v) is 7.45. The summed E-state index contributed by atoms with van der Waals surface area (Å²) in [5, 5.41) is 14.6. The highest BCUT2D eigenvalue weighted by atomic mass is 32.2. The van der Waals surface area contributed by atoms with Crippen LogP contribution in [0.5, 0.6) is 0 Å². The van der Waals surface area contributed by atoms with Crippen LogP contribution in [0.2, 0.25) is 0 Å². The van der Waals surface area contributed by atoms with Crippen LogP contribution >= 0.6 is 11.8 Å². The van der Waals surface area contributed by atoms with Crippen molar-refractivity contribution in [2.24, 2.45) is 0 Å². The Morgan fingerprint density at radius 1 is 1.33 bits per heavy atom. The van der Waals surface area contributed by atoms with Gasteiger partial charge in [-0.1, -0.05) is 6.08 Å². The quantitative estimate of drug-likeness (QED) is 0.506. The van der Waals surface area contributed by atoms with Crippen LogP contribution in [-0.4, -0.2) is 17.2 Å². The molecular weight excluding hydrogens is 168 g/mol. The Morgan fingerprint density at radius 3 is 2.67 bits per heavy atom. The molecular formula is C9H10N2S. The van der Waals surface area contributed by atoms with E-state index in [0.717, 1.165) is 10.7 Å². The molecule has 3 heteroatoms. The molecule has 0 saturated carbocycles. The van der Waals surface area contributed by atoms with Crippen LogP contribution in [0, 0.1) is 10.8 Å². The maximum Gasteiger partial charge on any atom is 0.0800 e. The predicted molar refractivity (Wildman–Crippen MR) is 55.3 cm³/mol. The molecule has 2 N–H and O–H groups in total. The van der Waals surface area contributed by atoms with Gasteiger partial charge in [-0.2, -0.15) is 0 Å². The van der Waals surface area contributed by atoms with Crippen molar-refractivity contribution in [3.63, 3.8) is 0 Å². The average molecular weight is 178 g/mol. The highest BCUT2D eigenvalue weighted by molar-refractivity contribution is 8.03. The number of nitrogens with one attached hydrogen (secondary N) is 2. The number of hydrogen-bond donors (Lipinski definition) is 2. The Balaban J connectivity index is 2.63. The lowest BCUT2D eigenvalue weighted by Gasteiger charge is -2.06. The Kier molecular flexibility index (Phi) is 3.05. The molecule has 0 atom stereocenters. The molecule has 1 aliphatic carbocycles. The first-order valence-corrected chi connectivity index (χ1v) is 4.53. The number of hydrogen-bond acceptors (Lipinski definition) is 3. The van der Waals surface area contributed by atoms with Crippen LogP contribution < -0.4 is 0 Å². The molecule has 0 aliphatic heterocycles. The molecule has 2 nitrogen and oxygen atoms in total. The highest BCUT2D eigenvalue weighted by Gasteiger charge is 2.05. The second kappa shape index (κ2) is 4.07. The Bertz CT molecular complexity index is 287. The summed E-state index contributed by atoms with van der Waals surface area (Å²) < 4.78 is 0. The lowest BCUT2D eigenvalue weighted by Crippen LogP contribution is -2.09. The summed E-state index contributed by atoms with van der Waals surface area (Å²) in [5.74, 6) is 0.844. The van der Waals surface area contributed by atoms with Crippen molar-refractivity contribution in [2.75, 3.05) is 5.75 Å². The highest BCUT2D eigenvalue weighted by Crippen LogP contribution is 2.19. The van der Waals surface area contributed by atoms with Gasteiger partial charge in [-0.3, -0.25) is 10.8 Å². The second-order valence-corrected chi connectivity index (χ2v) is 3.40.